The molecule has 166 valence electrons. The van der Waals surface area contributed by atoms with Gasteiger partial charge in [-0.2, -0.15) is 13.2 Å². The molecule has 2 aromatic rings. The molecule has 0 bridgehead atoms. The van der Waals surface area contributed by atoms with Crippen LogP contribution in [0.2, 0.25) is 0 Å². The van der Waals surface area contributed by atoms with Gasteiger partial charge in [-0.25, -0.2) is 10.6 Å². The smallest absolute Gasteiger partial charge is 0.432 e. The molecule has 1 aromatic carbocycles. The van der Waals surface area contributed by atoms with Crippen molar-refractivity contribution in [1.29, 1.82) is 0 Å². The molecule has 0 radical (unpaired) electrons. The van der Waals surface area contributed by atoms with Gasteiger partial charge in [-0.05, 0) is 32.1 Å². The monoisotopic (exact) mass is 453 g/mol. The van der Waals surface area contributed by atoms with E-state index in [2.05, 4.69) is 11.9 Å². The second kappa shape index (κ2) is 9.80. The van der Waals surface area contributed by atoms with Crippen molar-refractivity contribution in [3.63, 3.8) is 0 Å². The summed E-state index contributed by atoms with van der Waals surface area (Å²) in [5.74, 6) is 4.40. The Kier molecular flexibility index (Phi) is 7.64. The number of nitrogens with one attached hydrogen (secondary N) is 1. The number of hydrogen-bond donors (Lipinski definition) is 2. The number of thiophene rings is 1. The summed E-state index contributed by atoms with van der Waals surface area (Å²) in [6.45, 7) is 6.29. The molecule has 0 spiro atoms. The second-order valence-corrected chi connectivity index (χ2v) is 7.73. The number of carbonyl (C=O) groups is 2. The zero-order valence-corrected chi connectivity index (χ0v) is 18.0. The molecule has 31 heavy (non-hydrogen) atoms. The molecule has 0 saturated heterocycles. The van der Waals surface area contributed by atoms with Crippen LogP contribution in [0.4, 0.5) is 18.9 Å². The summed E-state index contributed by atoms with van der Waals surface area (Å²) in [6, 6.07) is 6.76. The molecule has 0 aliphatic rings. The predicted molar refractivity (Wildman–Crippen MR) is 113 cm³/mol. The van der Waals surface area contributed by atoms with Crippen molar-refractivity contribution >= 4 is 28.9 Å². The van der Waals surface area contributed by atoms with E-state index in [-0.39, 0.29) is 21.7 Å². The third kappa shape index (κ3) is 6.19. The van der Waals surface area contributed by atoms with Crippen molar-refractivity contribution in [2.75, 3.05) is 12.4 Å². The van der Waals surface area contributed by atoms with Gasteiger partial charge in [-0.15, -0.1) is 11.3 Å². The summed E-state index contributed by atoms with van der Waals surface area (Å²) in [6.07, 6.45) is -3.91. The minimum absolute atomic E-state index is 0.0553. The Morgan fingerprint density at radius 2 is 1.90 bits per heavy atom. The SMILES string of the molecule is C=C(C)/C=C(\N(N)Cc1scc(NC(=O)c2ccc(C)cc2)c1C(=O)OC)C(F)(F)F. The van der Waals surface area contributed by atoms with Crippen LogP contribution in [-0.4, -0.2) is 30.2 Å². The average Bonchev–Trinajstić information content (AvgIpc) is 3.06. The molecule has 1 heterocycles. The lowest BCUT2D eigenvalue weighted by atomic mass is 10.1. The Morgan fingerprint density at radius 3 is 2.42 bits per heavy atom. The summed E-state index contributed by atoms with van der Waals surface area (Å²) in [7, 11) is 1.14. The Labute approximate surface area is 181 Å². The lowest BCUT2D eigenvalue weighted by molar-refractivity contribution is -0.112. The predicted octanol–water partition coefficient (Wildman–Crippen LogP) is 4.79. The van der Waals surface area contributed by atoms with E-state index in [1.165, 1.54) is 12.3 Å². The van der Waals surface area contributed by atoms with E-state index in [0.717, 1.165) is 30.1 Å². The number of aryl methyl sites for hydroxylation is 1. The first kappa shape index (κ1) is 24.2. The number of hydrogen-bond acceptors (Lipinski definition) is 6. The third-order valence-electron chi connectivity index (χ3n) is 4.12. The molecule has 10 heteroatoms. The van der Waals surface area contributed by atoms with Gasteiger partial charge in [0, 0.05) is 15.8 Å². The Balaban J connectivity index is 2.36. The molecule has 0 atom stereocenters. The van der Waals surface area contributed by atoms with Gasteiger partial charge < -0.3 is 15.1 Å². The Bertz CT molecular complexity index is 1010. The van der Waals surface area contributed by atoms with Crippen LogP contribution in [0.25, 0.3) is 0 Å². The normalized spacial score (nSPS) is 11.8. The van der Waals surface area contributed by atoms with Crippen molar-refractivity contribution in [2.24, 2.45) is 5.84 Å². The largest absolute Gasteiger partial charge is 0.465 e. The maximum atomic E-state index is 13.4. The zero-order chi connectivity index (χ0) is 23.3. The molecular formula is C21H22F3N3O3S. The molecule has 0 aliphatic heterocycles. The highest BCUT2D eigenvalue weighted by atomic mass is 32.1. The number of esters is 1. The van der Waals surface area contributed by atoms with E-state index < -0.39 is 30.3 Å². The minimum atomic E-state index is -4.72. The number of halogens is 3. The van der Waals surface area contributed by atoms with Crippen LogP contribution in [0.3, 0.4) is 0 Å². The van der Waals surface area contributed by atoms with E-state index in [4.69, 9.17) is 10.6 Å². The summed E-state index contributed by atoms with van der Waals surface area (Å²) >= 11 is 0.981. The lowest BCUT2D eigenvalue weighted by Crippen LogP contribution is -2.37. The molecule has 0 aliphatic carbocycles. The summed E-state index contributed by atoms with van der Waals surface area (Å²) in [4.78, 5) is 25.0. The van der Waals surface area contributed by atoms with E-state index in [0.29, 0.717) is 10.6 Å². The first-order valence-corrected chi connectivity index (χ1v) is 9.85. The number of ether oxygens (including phenoxy) is 1. The number of amides is 1. The zero-order valence-electron chi connectivity index (χ0n) is 17.2. The van der Waals surface area contributed by atoms with Crippen LogP contribution in [0.15, 0.2) is 53.6 Å². The molecule has 0 saturated carbocycles. The van der Waals surface area contributed by atoms with Gasteiger partial charge in [0.1, 0.15) is 5.70 Å². The standard InChI is InChI=1S/C21H22F3N3O3S/c1-12(2)9-17(21(22,23)24)27(25)10-16-18(20(29)30-4)15(11-31-16)26-19(28)14-7-5-13(3)6-8-14/h5-9,11H,1,10,25H2,2-4H3,(H,26,28)/b17-9-. The van der Waals surface area contributed by atoms with Crippen molar-refractivity contribution in [3.8, 4) is 0 Å². The van der Waals surface area contributed by atoms with E-state index in [1.54, 1.807) is 24.3 Å². The number of benzene rings is 1. The fourth-order valence-electron chi connectivity index (χ4n) is 2.63. The number of rotatable bonds is 7. The van der Waals surface area contributed by atoms with Crippen LogP contribution >= 0.6 is 11.3 Å². The number of nitrogens with zero attached hydrogens (tertiary/aromatic N) is 1. The molecule has 0 fully saturated rings. The van der Waals surface area contributed by atoms with Gasteiger partial charge in [-0.3, -0.25) is 4.79 Å². The van der Waals surface area contributed by atoms with Gasteiger partial charge in [0.15, 0.2) is 0 Å². The van der Waals surface area contributed by atoms with Crippen molar-refractivity contribution < 1.29 is 27.5 Å². The number of methoxy groups -OCH3 is 1. The van der Waals surface area contributed by atoms with Gasteiger partial charge in [-0.1, -0.05) is 29.8 Å². The summed E-state index contributed by atoms with van der Waals surface area (Å²) < 4.78 is 44.9. The molecule has 3 N–H and O–H groups in total. The summed E-state index contributed by atoms with van der Waals surface area (Å²) in [5, 5.41) is 4.55. The van der Waals surface area contributed by atoms with Crippen molar-refractivity contribution in [3.05, 3.63) is 75.1 Å². The van der Waals surface area contributed by atoms with Crippen molar-refractivity contribution in [1.82, 2.24) is 5.01 Å². The van der Waals surface area contributed by atoms with Crippen molar-refractivity contribution in [2.45, 2.75) is 26.6 Å². The van der Waals surface area contributed by atoms with Crippen LogP contribution < -0.4 is 11.2 Å². The van der Waals surface area contributed by atoms with E-state index in [1.807, 2.05) is 6.92 Å². The fraction of sp³-hybridized carbons (Fsp3) is 0.238. The van der Waals surface area contributed by atoms with E-state index in [9.17, 15) is 22.8 Å². The van der Waals surface area contributed by atoms with Gasteiger partial charge in [0.2, 0.25) is 0 Å². The van der Waals surface area contributed by atoms with Crippen LogP contribution in [0.1, 0.15) is 38.1 Å². The van der Waals surface area contributed by atoms with Gasteiger partial charge in [0.05, 0.1) is 24.9 Å². The maximum absolute atomic E-state index is 13.4. The first-order chi connectivity index (χ1) is 14.4. The Morgan fingerprint density at radius 1 is 1.29 bits per heavy atom. The Hall–Kier alpha value is -3.11. The second-order valence-electron chi connectivity index (χ2n) is 6.76. The van der Waals surface area contributed by atoms with Crippen LogP contribution in [-0.2, 0) is 11.3 Å². The van der Waals surface area contributed by atoms with E-state index >= 15 is 0 Å². The number of nitrogens with two attached hydrogens (primary N) is 1. The lowest BCUT2D eigenvalue weighted by Gasteiger charge is -2.24. The highest BCUT2D eigenvalue weighted by molar-refractivity contribution is 7.10. The molecule has 1 aromatic heterocycles. The summed E-state index contributed by atoms with van der Waals surface area (Å²) in [5.41, 5.74) is 0.445. The minimum Gasteiger partial charge on any atom is -0.465 e. The highest BCUT2D eigenvalue weighted by Gasteiger charge is 2.37. The van der Waals surface area contributed by atoms with Gasteiger partial charge in [0.25, 0.3) is 5.91 Å². The quantitative estimate of drug-likeness (QED) is 0.272. The van der Waals surface area contributed by atoms with Crippen LogP contribution in [0.5, 0.6) is 0 Å². The molecule has 1 amide bonds. The number of alkyl halides is 3. The number of anilines is 1. The highest BCUT2D eigenvalue weighted by Crippen LogP contribution is 2.33. The number of allylic oxidation sites excluding steroid dienone is 3. The first-order valence-electron chi connectivity index (χ1n) is 8.97. The fourth-order valence-corrected chi connectivity index (χ4v) is 3.59. The molecule has 2 rings (SSSR count). The molecule has 6 nitrogen and oxygen atoms in total. The van der Waals surface area contributed by atoms with Crippen LogP contribution in [0, 0.1) is 6.92 Å². The molecular weight excluding hydrogens is 431 g/mol. The number of carbonyl (C=O) groups excluding carboxylic acids is 2. The molecule has 0 unspecified atom stereocenters. The number of hydrazine groups is 1. The topological polar surface area (TPSA) is 84.7 Å². The maximum Gasteiger partial charge on any atom is 0.432 e. The average molecular weight is 453 g/mol. The van der Waals surface area contributed by atoms with Gasteiger partial charge >= 0.3 is 12.1 Å². The third-order valence-corrected chi connectivity index (χ3v) is 5.09.